The van der Waals surface area contributed by atoms with E-state index in [2.05, 4.69) is 27.2 Å². The van der Waals surface area contributed by atoms with Gasteiger partial charge in [-0.2, -0.15) is 0 Å². The van der Waals surface area contributed by atoms with Crippen LogP contribution >= 0.6 is 11.3 Å². The zero-order chi connectivity index (χ0) is 20.5. The van der Waals surface area contributed by atoms with Crippen LogP contribution in [0, 0.1) is 27.7 Å². The Bertz CT molecular complexity index is 1040. The van der Waals surface area contributed by atoms with Crippen LogP contribution in [-0.4, -0.2) is 37.3 Å². The van der Waals surface area contributed by atoms with Gasteiger partial charge in [-0.15, -0.1) is 11.3 Å². The number of anilines is 2. The predicted molar refractivity (Wildman–Crippen MR) is 114 cm³/mol. The molecule has 4 heterocycles. The van der Waals surface area contributed by atoms with Gasteiger partial charge in [0.1, 0.15) is 11.6 Å². The summed E-state index contributed by atoms with van der Waals surface area (Å²) in [5.41, 5.74) is 3.19. The lowest BCUT2D eigenvalue weighted by molar-refractivity contribution is 0.0731. The molecule has 1 saturated heterocycles. The first-order valence-corrected chi connectivity index (χ1v) is 10.5. The Morgan fingerprint density at radius 2 is 1.97 bits per heavy atom. The van der Waals surface area contributed by atoms with E-state index in [-0.39, 0.29) is 11.9 Å². The fourth-order valence-electron chi connectivity index (χ4n) is 3.61. The highest BCUT2D eigenvalue weighted by Crippen LogP contribution is 2.33. The van der Waals surface area contributed by atoms with E-state index in [1.165, 1.54) is 4.88 Å². The molecule has 1 aliphatic rings. The second-order valence-electron chi connectivity index (χ2n) is 7.31. The first-order chi connectivity index (χ1) is 13.9. The van der Waals surface area contributed by atoms with E-state index < -0.39 is 0 Å². The molecule has 3 aromatic heterocycles. The molecule has 1 fully saturated rings. The van der Waals surface area contributed by atoms with Crippen molar-refractivity contribution in [3.8, 4) is 0 Å². The lowest BCUT2D eigenvalue weighted by atomic mass is 10.1. The van der Waals surface area contributed by atoms with Crippen LogP contribution in [0.3, 0.4) is 0 Å². The van der Waals surface area contributed by atoms with E-state index >= 15 is 0 Å². The lowest BCUT2D eigenvalue weighted by Gasteiger charge is -2.25. The summed E-state index contributed by atoms with van der Waals surface area (Å²) in [5, 5.41) is 4.12. The Balaban J connectivity index is 1.57. The zero-order valence-corrected chi connectivity index (χ0v) is 17.9. The van der Waals surface area contributed by atoms with Crippen molar-refractivity contribution < 1.29 is 4.79 Å². The van der Waals surface area contributed by atoms with Gasteiger partial charge < -0.3 is 10.2 Å². The number of rotatable bonds is 4. The van der Waals surface area contributed by atoms with Crippen molar-refractivity contribution in [2.24, 2.45) is 0 Å². The third-order valence-corrected chi connectivity index (χ3v) is 6.21. The van der Waals surface area contributed by atoms with Crippen LogP contribution < -0.4 is 5.32 Å². The van der Waals surface area contributed by atoms with Crippen molar-refractivity contribution in [2.45, 2.75) is 46.6 Å². The number of nitrogens with one attached hydrogen (secondary N) is 1. The SMILES string of the molecule is Cc1ncc(C(=O)N2CCCC2c2cccc(Nc3nc(C)c(C)s3)n2)c(C)n1. The van der Waals surface area contributed by atoms with Crippen LogP contribution in [0.25, 0.3) is 0 Å². The molecule has 1 aliphatic heterocycles. The van der Waals surface area contributed by atoms with Gasteiger partial charge in [0.2, 0.25) is 0 Å². The Hall–Kier alpha value is -2.87. The lowest BCUT2D eigenvalue weighted by Crippen LogP contribution is -2.32. The van der Waals surface area contributed by atoms with Crippen LogP contribution in [0.4, 0.5) is 10.9 Å². The number of carbonyl (C=O) groups is 1. The minimum Gasteiger partial charge on any atom is -0.330 e. The highest BCUT2D eigenvalue weighted by atomic mass is 32.1. The Labute approximate surface area is 174 Å². The monoisotopic (exact) mass is 408 g/mol. The maximum Gasteiger partial charge on any atom is 0.257 e. The topological polar surface area (TPSA) is 83.9 Å². The number of aromatic nitrogens is 4. The molecule has 0 radical (unpaired) electrons. The molecule has 0 aliphatic carbocycles. The van der Waals surface area contributed by atoms with E-state index in [4.69, 9.17) is 4.98 Å². The summed E-state index contributed by atoms with van der Waals surface area (Å²) < 4.78 is 0. The second-order valence-corrected chi connectivity index (χ2v) is 8.51. The molecule has 8 heteroatoms. The zero-order valence-electron chi connectivity index (χ0n) is 17.1. The van der Waals surface area contributed by atoms with Gasteiger partial charge in [0, 0.05) is 17.6 Å². The summed E-state index contributed by atoms with van der Waals surface area (Å²) in [6.07, 6.45) is 3.48. The molecule has 3 aromatic rings. The number of aryl methyl sites for hydroxylation is 4. The quantitative estimate of drug-likeness (QED) is 0.694. The standard InChI is InChI=1S/C21H24N6OS/c1-12-14(3)29-21(24-12)26-19-9-5-7-17(25-19)18-8-6-10-27(18)20(28)16-11-22-15(4)23-13(16)2/h5,7,9,11,18H,6,8,10H2,1-4H3,(H,24,25,26). The van der Waals surface area contributed by atoms with Crippen LogP contribution in [0.2, 0.25) is 0 Å². The fourth-order valence-corrected chi connectivity index (χ4v) is 4.43. The number of carbonyl (C=O) groups excluding carboxylic acids is 1. The molecule has 0 spiro atoms. The number of nitrogens with zero attached hydrogens (tertiary/aromatic N) is 5. The van der Waals surface area contributed by atoms with Crippen LogP contribution in [0.5, 0.6) is 0 Å². The summed E-state index contributed by atoms with van der Waals surface area (Å²) in [4.78, 5) is 34.1. The second kappa shape index (κ2) is 7.87. The van der Waals surface area contributed by atoms with Gasteiger partial charge in [-0.1, -0.05) is 6.07 Å². The van der Waals surface area contributed by atoms with Crippen molar-refractivity contribution in [1.29, 1.82) is 0 Å². The third-order valence-electron chi connectivity index (χ3n) is 5.22. The minimum atomic E-state index is -0.0512. The summed E-state index contributed by atoms with van der Waals surface area (Å²) in [5.74, 6) is 1.38. The highest BCUT2D eigenvalue weighted by molar-refractivity contribution is 7.15. The van der Waals surface area contributed by atoms with Crippen molar-refractivity contribution in [1.82, 2.24) is 24.8 Å². The molecule has 0 bridgehead atoms. The van der Waals surface area contributed by atoms with Gasteiger partial charge in [-0.3, -0.25) is 4.79 Å². The smallest absolute Gasteiger partial charge is 0.257 e. The molecule has 1 unspecified atom stereocenters. The minimum absolute atomic E-state index is 0.0312. The first-order valence-electron chi connectivity index (χ1n) is 9.71. The summed E-state index contributed by atoms with van der Waals surface area (Å²) in [7, 11) is 0. The van der Waals surface area contributed by atoms with Gasteiger partial charge in [0.05, 0.1) is 28.7 Å². The average molecular weight is 409 g/mol. The summed E-state index contributed by atoms with van der Waals surface area (Å²) >= 11 is 1.61. The molecule has 150 valence electrons. The number of hydrogen-bond acceptors (Lipinski definition) is 7. The first kappa shape index (κ1) is 19.4. The number of pyridine rings is 1. The van der Waals surface area contributed by atoms with Crippen LogP contribution in [0.15, 0.2) is 24.4 Å². The number of hydrogen-bond donors (Lipinski definition) is 1. The van der Waals surface area contributed by atoms with Gasteiger partial charge in [-0.25, -0.2) is 19.9 Å². The van der Waals surface area contributed by atoms with Gasteiger partial charge in [-0.05, 0) is 52.7 Å². The normalized spacial score (nSPS) is 16.3. The van der Waals surface area contributed by atoms with Gasteiger partial charge >= 0.3 is 0 Å². The van der Waals surface area contributed by atoms with E-state index in [9.17, 15) is 4.79 Å². The highest BCUT2D eigenvalue weighted by Gasteiger charge is 2.32. The molecule has 1 N–H and O–H groups in total. The van der Waals surface area contributed by atoms with Crippen molar-refractivity contribution in [3.05, 3.63) is 57.7 Å². The van der Waals surface area contributed by atoms with E-state index in [1.54, 1.807) is 17.5 Å². The van der Waals surface area contributed by atoms with E-state index in [0.29, 0.717) is 23.6 Å². The number of amides is 1. The predicted octanol–water partition coefficient (Wildman–Crippen LogP) is 4.28. The maximum atomic E-state index is 13.2. The van der Waals surface area contributed by atoms with E-state index in [1.807, 2.05) is 43.9 Å². The molecule has 1 atom stereocenters. The number of likely N-dealkylation sites (tertiary alicyclic amines) is 1. The molecular formula is C21H24N6OS. The fraction of sp³-hybridized carbons (Fsp3) is 0.381. The molecule has 0 aromatic carbocycles. The average Bonchev–Trinajstić information content (AvgIpc) is 3.28. The molecule has 7 nitrogen and oxygen atoms in total. The maximum absolute atomic E-state index is 13.2. The third kappa shape index (κ3) is 3.98. The van der Waals surface area contributed by atoms with Crippen molar-refractivity contribution in [3.63, 3.8) is 0 Å². The van der Waals surface area contributed by atoms with Gasteiger partial charge in [0.25, 0.3) is 5.91 Å². The largest absolute Gasteiger partial charge is 0.330 e. The molecule has 4 rings (SSSR count). The Kier molecular flexibility index (Phi) is 5.27. The van der Waals surface area contributed by atoms with Crippen LogP contribution in [-0.2, 0) is 0 Å². The van der Waals surface area contributed by atoms with Crippen LogP contribution in [0.1, 0.15) is 57.0 Å². The molecular weight excluding hydrogens is 384 g/mol. The van der Waals surface area contributed by atoms with Crippen molar-refractivity contribution >= 4 is 28.2 Å². The molecule has 0 saturated carbocycles. The molecule has 29 heavy (non-hydrogen) atoms. The summed E-state index contributed by atoms with van der Waals surface area (Å²) in [6.45, 7) is 8.45. The Morgan fingerprint density at radius 1 is 1.14 bits per heavy atom. The van der Waals surface area contributed by atoms with Crippen molar-refractivity contribution in [2.75, 3.05) is 11.9 Å². The number of thiazole rings is 1. The van der Waals surface area contributed by atoms with E-state index in [0.717, 1.165) is 35.2 Å². The molecule has 1 amide bonds. The summed E-state index contributed by atoms with van der Waals surface area (Å²) in [6, 6.07) is 5.83. The van der Waals surface area contributed by atoms with Gasteiger partial charge in [0.15, 0.2) is 5.13 Å². The Morgan fingerprint density at radius 3 is 2.69 bits per heavy atom.